The van der Waals surface area contributed by atoms with Gasteiger partial charge < -0.3 is 10.1 Å². The quantitative estimate of drug-likeness (QED) is 0.760. The molecule has 0 bridgehead atoms. The minimum Gasteiger partial charge on any atom is -0.448 e. The SMILES string of the molecule is CNC(=O)NC(=O)[C@H](C)OC(=O)c1sc2nc3n(c(=O)c2c1C)CCC3. The van der Waals surface area contributed by atoms with E-state index in [4.69, 9.17) is 4.74 Å². The number of carbonyl (C=O) groups excluding carboxylic acids is 3. The molecule has 3 rings (SSSR count). The van der Waals surface area contributed by atoms with E-state index in [9.17, 15) is 19.2 Å². The smallest absolute Gasteiger partial charge is 0.349 e. The number of fused-ring (bicyclic) bond motifs is 2. The van der Waals surface area contributed by atoms with Gasteiger partial charge in [-0.3, -0.25) is 19.5 Å². The number of urea groups is 1. The van der Waals surface area contributed by atoms with E-state index in [1.807, 2.05) is 5.32 Å². The topological polar surface area (TPSA) is 119 Å². The van der Waals surface area contributed by atoms with Crippen LogP contribution in [0, 0.1) is 6.92 Å². The maximum absolute atomic E-state index is 12.6. The number of aromatic nitrogens is 2. The molecule has 1 atom stereocenters. The molecular weight excluding hydrogens is 360 g/mol. The number of nitrogens with one attached hydrogen (secondary N) is 2. The molecule has 3 amide bonds. The summed E-state index contributed by atoms with van der Waals surface area (Å²) >= 11 is 1.07. The van der Waals surface area contributed by atoms with Crippen molar-refractivity contribution in [1.29, 1.82) is 0 Å². The monoisotopic (exact) mass is 378 g/mol. The van der Waals surface area contributed by atoms with E-state index in [-0.39, 0.29) is 10.4 Å². The van der Waals surface area contributed by atoms with Crippen molar-refractivity contribution in [3.05, 3.63) is 26.6 Å². The van der Waals surface area contributed by atoms with Gasteiger partial charge in [-0.1, -0.05) is 0 Å². The summed E-state index contributed by atoms with van der Waals surface area (Å²) < 4.78 is 6.77. The highest BCUT2D eigenvalue weighted by molar-refractivity contribution is 7.20. The van der Waals surface area contributed by atoms with Gasteiger partial charge in [0.05, 0.1) is 5.39 Å². The Morgan fingerprint density at radius 1 is 1.35 bits per heavy atom. The van der Waals surface area contributed by atoms with Gasteiger partial charge in [0.25, 0.3) is 11.5 Å². The van der Waals surface area contributed by atoms with Crippen molar-refractivity contribution in [3.8, 4) is 0 Å². The summed E-state index contributed by atoms with van der Waals surface area (Å²) in [6.07, 6.45) is 0.452. The fourth-order valence-corrected chi connectivity index (χ4v) is 3.89. The Morgan fingerprint density at radius 3 is 2.77 bits per heavy atom. The van der Waals surface area contributed by atoms with Crippen LogP contribution in [0.5, 0.6) is 0 Å². The molecule has 1 aliphatic rings. The number of carbonyl (C=O) groups is 3. The van der Waals surface area contributed by atoms with Gasteiger partial charge in [-0.05, 0) is 25.8 Å². The standard InChI is InChI=1S/C16H18N4O5S/c1-7-10-13(18-9-5-4-6-20(9)14(10)22)26-11(7)15(23)25-8(2)12(21)19-16(24)17-3/h8H,4-6H2,1-3H3,(H2,17,19,21,24)/t8-/m0/s1. The summed E-state index contributed by atoms with van der Waals surface area (Å²) in [4.78, 5) is 53.3. The van der Waals surface area contributed by atoms with E-state index in [0.29, 0.717) is 22.3 Å². The first-order valence-electron chi connectivity index (χ1n) is 8.09. The molecule has 9 nitrogen and oxygen atoms in total. The zero-order valence-corrected chi connectivity index (χ0v) is 15.4. The predicted octanol–water partition coefficient (Wildman–Crippen LogP) is 0.714. The Kier molecular flexibility index (Phi) is 4.77. The van der Waals surface area contributed by atoms with Crippen LogP contribution in [0.4, 0.5) is 4.79 Å². The van der Waals surface area contributed by atoms with Crippen LogP contribution in [0.2, 0.25) is 0 Å². The highest BCUT2D eigenvalue weighted by Crippen LogP contribution is 2.29. The summed E-state index contributed by atoms with van der Waals surface area (Å²) in [7, 11) is 1.36. The van der Waals surface area contributed by atoms with Crippen molar-refractivity contribution in [2.24, 2.45) is 0 Å². The molecule has 0 aromatic carbocycles. The van der Waals surface area contributed by atoms with Crippen molar-refractivity contribution < 1.29 is 19.1 Å². The van der Waals surface area contributed by atoms with Gasteiger partial charge in [0, 0.05) is 20.0 Å². The van der Waals surface area contributed by atoms with Crippen LogP contribution in [0.1, 0.15) is 34.4 Å². The first-order valence-corrected chi connectivity index (χ1v) is 8.91. The minimum absolute atomic E-state index is 0.152. The average Bonchev–Trinajstić information content (AvgIpc) is 3.19. The zero-order valence-electron chi connectivity index (χ0n) is 14.5. The van der Waals surface area contributed by atoms with Crippen LogP contribution in [0.15, 0.2) is 4.79 Å². The van der Waals surface area contributed by atoms with Crippen LogP contribution in [0.3, 0.4) is 0 Å². The molecule has 0 aliphatic carbocycles. The number of hydrogen-bond acceptors (Lipinski definition) is 7. The fourth-order valence-electron chi connectivity index (χ4n) is 2.81. The number of nitrogens with zero attached hydrogens (tertiary/aromatic N) is 2. The number of rotatable bonds is 3. The van der Waals surface area contributed by atoms with Gasteiger partial charge in [-0.25, -0.2) is 14.6 Å². The maximum atomic E-state index is 12.6. The van der Waals surface area contributed by atoms with Crippen molar-refractivity contribution in [2.45, 2.75) is 39.3 Å². The lowest BCUT2D eigenvalue weighted by atomic mass is 10.2. The molecule has 0 unspecified atom stereocenters. The molecule has 10 heteroatoms. The number of thiophene rings is 1. The van der Waals surface area contributed by atoms with Gasteiger partial charge in [0.2, 0.25) is 0 Å². The van der Waals surface area contributed by atoms with E-state index in [2.05, 4.69) is 10.3 Å². The second-order valence-electron chi connectivity index (χ2n) is 5.94. The van der Waals surface area contributed by atoms with E-state index < -0.39 is 24.0 Å². The molecule has 2 aromatic rings. The Morgan fingerprint density at radius 2 is 2.08 bits per heavy atom. The molecule has 0 radical (unpaired) electrons. The number of ether oxygens (including phenoxy) is 1. The third-order valence-corrected chi connectivity index (χ3v) is 5.38. The molecule has 138 valence electrons. The molecule has 3 heterocycles. The molecule has 2 N–H and O–H groups in total. The van der Waals surface area contributed by atoms with Gasteiger partial charge in [-0.2, -0.15) is 0 Å². The normalized spacial score (nSPS) is 14.0. The number of imide groups is 1. The van der Waals surface area contributed by atoms with Crippen LogP contribution < -0.4 is 16.2 Å². The first-order chi connectivity index (χ1) is 12.3. The number of amides is 3. The second-order valence-corrected chi connectivity index (χ2v) is 6.94. The zero-order chi connectivity index (χ0) is 19.0. The largest absolute Gasteiger partial charge is 0.448 e. The van der Waals surface area contributed by atoms with Crippen LogP contribution in [-0.4, -0.2) is 40.6 Å². The molecule has 0 fully saturated rings. The molecule has 0 saturated heterocycles. The second kappa shape index (κ2) is 6.87. The van der Waals surface area contributed by atoms with Gasteiger partial charge in [-0.15, -0.1) is 11.3 Å². The maximum Gasteiger partial charge on any atom is 0.349 e. The lowest BCUT2D eigenvalue weighted by Crippen LogP contribution is -2.43. The van der Waals surface area contributed by atoms with E-state index >= 15 is 0 Å². The molecule has 0 saturated carbocycles. The van der Waals surface area contributed by atoms with Crippen LogP contribution in [0.25, 0.3) is 10.2 Å². The van der Waals surface area contributed by atoms with Crippen LogP contribution >= 0.6 is 11.3 Å². The Bertz CT molecular complexity index is 977. The Hall–Kier alpha value is -2.75. The lowest BCUT2D eigenvalue weighted by molar-refractivity contribution is -0.127. The van der Waals surface area contributed by atoms with Crippen LogP contribution in [-0.2, 0) is 22.5 Å². The first kappa shape index (κ1) is 18.1. The van der Waals surface area contributed by atoms with Crippen molar-refractivity contribution in [2.75, 3.05) is 7.05 Å². The highest BCUT2D eigenvalue weighted by atomic mass is 32.1. The third-order valence-electron chi connectivity index (χ3n) is 4.21. The number of esters is 1. The molecule has 2 aromatic heterocycles. The predicted molar refractivity (Wildman–Crippen MR) is 94.4 cm³/mol. The number of hydrogen-bond donors (Lipinski definition) is 2. The average molecular weight is 378 g/mol. The lowest BCUT2D eigenvalue weighted by Gasteiger charge is -2.12. The van der Waals surface area contributed by atoms with Gasteiger partial charge in [0.1, 0.15) is 15.5 Å². The van der Waals surface area contributed by atoms with Crippen molar-refractivity contribution in [3.63, 3.8) is 0 Å². The Balaban J connectivity index is 1.86. The molecule has 1 aliphatic heterocycles. The van der Waals surface area contributed by atoms with Crippen molar-refractivity contribution >= 4 is 39.5 Å². The molecular formula is C16H18N4O5S. The number of aryl methyl sites for hydroxylation is 2. The van der Waals surface area contributed by atoms with E-state index in [1.165, 1.54) is 14.0 Å². The summed E-state index contributed by atoms with van der Waals surface area (Å²) in [5.41, 5.74) is 0.342. The summed E-state index contributed by atoms with van der Waals surface area (Å²) in [5.74, 6) is -0.745. The molecule has 26 heavy (non-hydrogen) atoms. The van der Waals surface area contributed by atoms with Crippen molar-refractivity contribution in [1.82, 2.24) is 20.2 Å². The minimum atomic E-state index is -1.16. The Labute approximate surface area is 152 Å². The fraction of sp³-hybridized carbons (Fsp3) is 0.438. The summed E-state index contributed by atoms with van der Waals surface area (Å²) in [5, 5.41) is 4.69. The van der Waals surface area contributed by atoms with E-state index in [0.717, 1.165) is 30.0 Å². The van der Waals surface area contributed by atoms with E-state index in [1.54, 1.807) is 11.5 Å². The molecule has 0 spiro atoms. The van der Waals surface area contributed by atoms with Gasteiger partial charge in [0.15, 0.2) is 6.10 Å². The summed E-state index contributed by atoms with van der Waals surface area (Å²) in [6, 6.07) is -0.692. The highest BCUT2D eigenvalue weighted by Gasteiger charge is 2.26. The summed E-state index contributed by atoms with van der Waals surface area (Å²) in [6.45, 7) is 3.65. The van der Waals surface area contributed by atoms with Gasteiger partial charge >= 0.3 is 12.0 Å². The third kappa shape index (κ3) is 3.07.